The van der Waals surface area contributed by atoms with Gasteiger partial charge in [0.2, 0.25) is 0 Å². The Morgan fingerprint density at radius 1 is 1.22 bits per heavy atom. The molecule has 2 rings (SSSR count). The molecule has 0 spiro atoms. The first-order valence-corrected chi connectivity index (χ1v) is 10.3. The molecule has 0 saturated heterocycles. The quantitative estimate of drug-likeness (QED) is 0.867. The second kappa shape index (κ2) is 7.27. The van der Waals surface area contributed by atoms with Gasteiger partial charge in [-0.2, -0.15) is 0 Å². The van der Waals surface area contributed by atoms with Crippen molar-refractivity contribution in [3.63, 3.8) is 0 Å². The minimum Gasteiger partial charge on any atom is -0.344 e. The summed E-state index contributed by atoms with van der Waals surface area (Å²) < 4.78 is 22.8. The van der Waals surface area contributed by atoms with E-state index in [9.17, 15) is 13.2 Å². The molecule has 0 aliphatic carbocycles. The van der Waals surface area contributed by atoms with Gasteiger partial charge in [-0.3, -0.25) is 4.79 Å². The van der Waals surface area contributed by atoms with Crippen molar-refractivity contribution >= 4 is 27.1 Å². The van der Waals surface area contributed by atoms with Crippen LogP contribution in [0.3, 0.4) is 0 Å². The molecule has 1 aromatic carbocycles. The van der Waals surface area contributed by atoms with E-state index in [1.54, 1.807) is 35.6 Å². The second-order valence-electron chi connectivity index (χ2n) is 5.98. The third-order valence-corrected chi connectivity index (χ3v) is 5.23. The first-order valence-electron chi connectivity index (χ1n) is 7.37. The lowest BCUT2D eigenvalue weighted by Crippen LogP contribution is -2.31. The maximum absolute atomic E-state index is 12.5. The number of sulfone groups is 1. The van der Waals surface area contributed by atoms with E-state index in [0.717, 1.165) is 4.88 Å². The Morgan fingerprint density at radius 3 is 2.52 bits per heavy atom. The highest BCUT2D eigenvalue weighted by molar-refractivity contribution is 7.89. The molecular formula is C17H21NO3S2. The lowest BCUT2D eigenvalue weighted by molar-refractivity contribution is 0.0926. The van der Waals surface area contributed by atoms with Crippen LogP contribution in [0.1, 0.15) is 40.7 Å². The van der Waals surface area contributed by atoms with Crippen molar-refractivity contribution in [2.24, 2.45) is 5.92 Å². The van der Waals surface area contributed by atoms with Crippen LogP contribution in [0.5, 0.6) is 0 Å². The average molecular weight is 351 g/mol. The van der Waals surface area contributed by atoms with Gasteiger partial charge in [-0.15, -0.1) is 11.3 Å². The summed E-state index contributed by atoms with van der Waals surface area (Å²) in [6.45, 7) is 4.12. The summed E-state index contributed by atoms with van der Waals surface area (Å²) >= 11 is 1.61. The van der Waals surface area contributed by atoms with E-state index in [4.69, 9.17) is 0 Å². The predicted octanol–water partition coefficient (Wildman–Crippen LogP) is 3.42. The molecule has 0 saturated carbocycles. The third-order valence-electron chi connectivity index (χ3n) is 3.42. The van der Waals surface area contributed by atoms with Gasteiger partial charge in [0.05, 0.1) is 11.8 Å². The normalized spacial score (nSPS) is 13.0. The maximum atomic E-state index is 12.5. The number of hydrogen-bond donors (Lipinski definition) is 1. The smallest absolute Gasteiger partial charge is 0.251 e. The van der Waals surface area contributed by atoms with Crippen LogP contribution in [0.2, 0.25) is 0 Å². The van der Waals surface area contributed by atoms with Crippen LogP contribution in [0.15, 0.2) is 41.8 Å². The Kier molecular flexibility index (Phi) is 5.59. The standard InChI is InChI=1S/C17H21NO3S2/c1-12(2)16(15-8-5-9-22-15)18-17(19)14-7-4-6-13(10-14)11-23(3,20)21/h4-10,12,16H,11H2,1-3H3,(H,18,19)/t16-/m1/s1. The minimum atomic E-state index is -3.12. The molecule has 0 bridgehead atoms. The molecule has 1 atom stereocenters. The van der Waals surface area contributed by atoms with Crippen LogP contribution in [0, 0.1) is 5.92 Å². The summed E-state index contributed by atoms with van der Waals surface area (Å²) in [7, 11) is -3.12. The van der Waals surface area contributed by atoms with E-state index < -0.39 is 9.84 Å². The van der Waals surface area contributed by atoms with Crippen LogP contribution >= 0.6 is 11.3 Å². The predicted molar refractivity (Wildman–Crippen MR) is 94.4 cm³/mol. The van der Waals surface area contributed by atoms with Gasteiger partial charge in [0.25, 0.3) is 5.91 Å². The fourth-order valence-electron chi connectivity index (χ4n) is 2.36. The zero-order valence-electron chi connectivity index (χ0n) is 13.4. The number of rotatable bonds is 6. The molecule has 6 heteroatoms. The lowest BCUT2D eigenvalue weighted by atomic mass is 10.0. The van der Waals surface area contributed by atoms with E-state index in [1.807, 2.05) is 17.5 Å². The van der Waals surface area contributed by atoms with Crippen LogP contribution in [-0.2, 0) is 15.6 Å². The van der Waals surface area contributed by atoms with E-state index in [-0.39, 0.29) is 23.6 Å². The molecule has 0 unspecified atom stereocenters. The Hall–Kier alpha value is -1.66. The Bertz CT molecular complexity index is 765. The summed E-state index contributed by atoms with van der Waals surface area (Å²) in [5.74, 6) is 0.0105. The average Bonchev–Trinajstić information content (AvgIpc) is 2.96. The number of carbonyl (C=O) groups excluding carboxylic acids is 1. The summed E-state index contributed by atoms with van der Waals surface area (Å²) in [5.41, 5.74) is 1.10. The largest absolute Gasteiger partial charge is 0.344 e. The molecule has 0 fully saturated rings. The Balaban J connectivity index is 2.18. The molecule has 0 radical (unpaired) electrons. The number of benzene rings is 1. The summed E-state index contributed by atoms with van der Waals surface area (Å²) in [4.78, 5) is 13.6. The molecule has 23 heavy (non-hydrogen) atoms. The molecule has 1 N–H and O–H groups in total. The highest BCUT2D eigenvalue weighted by atomic mass is 32.2. The van der Waals surface area contributed by atoms with Crippen molar-refractivity contribution in [2.75, 3.05) is 6.26 Å². The number of nitrogens with one attached hydrogen (secondary N) is 1. The first-order chi connectivity index (χ1) is 10.8. The number of carbonyl (C=O) groups is 1. The van der Waals surface area contributed by atoms with Gasteiger partial charge in [-0.05, 0) is 35.1 Å². The summed E-state index contributed by atoms with van der Waals surface area (Å²) in [5, 5.41) is 5.04. The zero-order chi connectivity index (χ0) is 17.0. The SMILES string of the molecule is CC(C)[C@@H](NC(=O)c1cccc(CS(C)(=O)=O)c1)c1cccs1. The number of hydrogen-bond acceptors (Lipinski definition) is 4. The van der Waals surface area contributed by atoms with Crippen LogP contribution in [-0.4, -0.2) is 20.6 Å². The first kappa shape index (κ1) is 17.7. The van der Waals surface area contributed by atoms with Gasteiger partial charge in [0.15, 0.2) is 9.84 Å². The summed E-state index contributed by atoms with van der Waals surface area (Å²) in [6.07, 6.45) is 1.19. The molecule has 0 aliphatic rings. The second-order valence-corrected chi connectivity index (χ2v) is 9.10. The third kappa shape index (κ3) is 5.18. The van der Waals surface area contributed by atoms with Gasteiger partial charge in [0.1, 0.15) is 0 Å². The Morgan fingerprint density at radius 2 is 1.96 bits per heavy atom. The molecule has 1 amide bonds. The van der Waals surface area contributed by atoms with Crippen LogP contribution < -0.4 is 5.32 Å². The van der Waals surface area contributed by atoms with E-state index >= 15 is 0 Å². The molecule has 4 nitrogen and oxygen atoms in total. The van der Waals surface area contributed by atoms with Crippen LogP contribution in [0.4, 0.5) is 0 Å². The maximum Gasteiger partial charge on any atom is 0.251 e. The van der Waals surface area contributed by atoms with Crippen molar-refractivity contribution in [1.29, 1.82) is 0 Å². The zero-order valence-corrected chi connectivity index (χ0v) is 15.1. The fourth-order valence-corrected chi connectivity index (χ4v) is 4.10. The van der Waals surface area contributed by atoms with E-state index in [1.165, 1.54) is 6.26 Å². The molecule has 1 heterocycles. The fraction of sp³-hybridized carbons (Fsp3) is 0.353. The van der Waals surface area contributed by atoms with Crippen LogP contribution in [0.25, 0.3) is 0 Å². The van der Waals surface area contributed by atoms with Gasteiger partial charge in [0, 0.05) is 16.7 Å². The van der Waals surface area contributed by atoms with E-state index in [0.29, 0.717) is 11.1 Å². The minimum absolute atomic E-state index is 0.0546. The molecular weight excluding hydrogens is 330 g/mol. The van der Waals surface area contributed by atoms with Crippen molar-refractivity contribution in [2.45, 2.75) is 25.6 Å². The summed E-state index contributed by atoms with van der Waals surface area (Å²) in [6, 6.07) is 10.7. The monoisotopic (exact) mass is 351 g/mol. The highest BCUT2D eigenvalue weighted by Crippen LogP contribution is 2.26. The van der Waals surface area contributed by atoms with Crippen molar-refractivity contribution in [3.8, 4) is 0 Å². The van der Waals surface area contributed by atoms with Crippen molar-refractivity contribution in [3.05, 3.63) is 57.8 Å². The molecule has 1 aromatic heterocycles. The number of thiophene rings is 1. The topological polar surface area (TPSA) is 63.2 Å². The molecule has 0 aliphatic heterocycles. The Labute approximate surface area is 141 Å². The molecule has 2 aromatic rings. The van der Waals surface area contributed by atoms with Gasteiger partial charge < -0.3 is 5.32 Å². The lowest BCUT2D eigenvalue weighted by Gasteiger charge is -2.21. The van der Waals surface area contributed by atoms with E-state index in [2.05, 4.69) is 19.2 Å². The highest BCUT2D eigenvalue weighted by Gasteiger charge is 2.20. The van der Waals surface area contributed by atoms with Gasteiger partial charge >= 0.3 is 0 Å². The molecule has 124 valence electrons. The van der Waals surface area contributed by atoms with Gasteiger partial charge in [-0.1, -0.05) is 32.0 Å². The van der Waals surface area contributed by atoms with Crippen molar-refractivity contribution in [1.82, 2.24) is 5.32 Å². The van der Waals surface area contributed by atoms with Gasteiger partial charge in [-0.25, -0.2) is 8.42 Å². The van der Waals surface area contributed by atoms with Crippen molar-refractivity contribution < 1.29 is 13.2 Å². The number of amides is 1.